The molecule has 0 radical (unpaired) electrons. The lowest BCUT2D eigenvalue weighted by Gasteiger charge is -1.99. The van der Waals surface area contributed by atoms with Gasteiger partial charge in [-0.1, -0.05) is 0 Å². The van der Waals surface area contributed by atoms with E-state index < -0.39 is 5.67 Å². The van der Waals surface area contributed by atoms with Crippen LogP contribution in [0.15, 0.2) is 4.99 Å². The molecule has 0 saturated heterocycles. The molecule has 0 spiro atoms. The smallest absolute Gasteiger partial charge is 0.162 e. The Bertz CT molecular complexity index is 379. The average Bonchev–Trinajstić information content (AvgIpc) is 2.76. The monoisotopic (exact) mass is 196 g/mol. The van der Waals surface area contributed by atoms with E-state index in [-0.39, 0.29) is 0 Å². The Kier molecular flexibility index (Phi) is 1.39. The number of fused-ring (bicyclic) bond motifs is 1. The van der Waals surface area contributed by atoms with E-state index >= 15 is 0 Å². The summed E-state index contributed by atoms with van der Waals surface area (Å²) in [7, 11) is 0. The number of rotatable bonds is 1. The zero-order chi connectivity index (χ0) is 8.89. The molecule has 1 aromatic heterocycles. The summed E-state index contributed by atoms with van der Waals surface area (Å²) in [5.41, 5.74) is -0.0329. The zero-order valence-electron chi connectivity index (χ0n) is 7.09. The Morgan fingerprint density at radius 3 is 3.00 bits per heavy atom. The largest absolute Gasteiger partial charge is 0.291 e. The van der Waals surface area contributed by atoms with Crippen LogP contribution < -0.4 is 0 Å². The summed E-state index contributed by atoms with van der Waals surface area (Å²) in [6.45, 7) is 0.801. The number of nitrogens with zero attached hydrogens (tertiary/aromatic N) is 2. The van der Waals surface area contributed by atoms with Gasteiger partial charge in [-0.2, -0.15) is 0 Å². The SMILES string of the molecule is FC1(c2nc3c(s2)C=NCC3)CC1. The number of hydrogen-bond acceptors (Lipinski definition) is 3. The number of aromatic nitrogens is 1. The lowest BCUT2D eigenvalue weighted by Crippen LogP contribution is -2.01. The van der Waals surface area contributed by atoms with E-state index in [9.17, 15) is 4.39 Å². The van der Waals surface area contributed by atoms with E-state index in [1.54, 1.807) is 0 Å². The maximum atomic E-state index is 13.6. The van der Waals surface area contributed by atoms with Crippen molar-refractivity contribution in [3.8, 4) is 0 Å². The molecule has 2 heterocycles. The Morgan fingerprint density at radius 1 is 1.46 bits per heavy atom. The molecule has 1 aliphatic heterocycles. The summed E-state index contributed by atoms with van der Waals surface area (Å²) in [5.74, 6) is 0. The number of halogens is 1. The van der Waals surface area contributed by atoms with Crippen molar-refractivity contribution in [2.24, 2.45) is 4.99 Å². The molecule has 13 heavy (non-hydrogen) atoms. The molecule has 1 aliphatic carbocycles. The fourth-order valence-electron chi connectivity index (χ4n) is 1.48. The molecule has 3 rings (SSSR count). The molecule has 0 N–H and O–H groups in total. The maximum Gasteiger partial charge on any atom is 0.162 e. The molecular weight excluding hydrogens is 187 g/mol. The first-order chi connectivity index (χ1) is 6.28. The van der Waals surface area contributed by atoms with Gasteiger partial charge < -0.3 is 0 Å². The van der Waals surface area contributed by atoms with Crippen molar-refractivity contribution in [3.05, 3.63) is 15.6 Å². The lowest BCUT2D eigenvalue weighted by molar-refractivity contribution is 0.316. The van der Waals surface area contributed by atoms with Gasteiger partial charge in [0.05, 0.1) is 10.6 Å². The highest BCUT2D eigenvalue weighted by Crippen LogP contribution is 2.51. The molecule has 1 aromatic rings. The number of thiazole rings is 1. The predicted molar refractivity (Wildman–Crippen MR) is 50.3 cm³/mol. The first kappa shape index (κ1) is 7.62. The Labute approximate surface area is 79.5 Å². The van der Waals surface area contributed by atoms with Crippen molar-refractivity contribution in [2.45, 2.75) is 24.9 Å². The van der Waals surface area contributed by atoms with E-state index in [0.717, 1.165) is 23.5 Å². The molecule has 0 bridgehead atoms. The molecule has 2 aliphatic rings. The van der Waals surface area contributed by atoms with E-state index in [2.05, 4.69) is 9.98 Å². The van der Waals surface area contributed by atoms with Crippen LogP contribution >= 0.6 is 11.3 Å². The highest BCUT2D eigenvalue weighted by Gasteiger charge is 2.48. The van der Waals surface area contributed by atoms with E-state index in [0.29, 0.717) is 17.8 Å². The molecule has 0 amide bonds. The van der Waals surface area contributed by atoms with Crippen molar-refractivity contribution >= 4 is 17.6 Å². The molecule has 0 atom stereocenters. The topological polar surface area (TPSA) is 25.2 Å². The van der Waals surface area contributed by atoms with Gasteiger partial charge in [0, 0.05) is 19.2 Å². The van der Waals surface area contributed by atoms with E-state index in [1.807, 2.05) is 6.21 Å². The zero-order valence-corrected chi connectivity index (χ0v) is 7.90. The minimum absolute atomic E-state index is 0.649. The predicted octanol–water partition coefficient (Wildman–Crippen LogP) is 2.08. The third-order valence-electron chi connectivity index (χ3n) is 2.49. The van der Waals surface area contributed by atoms with Crippen molar-refractivity contribution in [1.82, 2.24) is 4.98 Å². The second-order valence-corrected chi connectivity index (χ2v) is 4.61. The van der Waals surface area contributed by atoms with E-state index in [4.69, 9.17) is 0 Å². The number of hydrogen-bond donors (Lipinski definition) is 0. The molecule has 1 saturated carbocycles. The molecule has 68 valence electrons. The Balaban J connectivity index is 2.05. The first-order valence-corrected chi connectivity index (χ1v) is 5.28. The van der Waals surface area contributed by atoms with Crippen LogP contribution in [0.3, 0.4) is 0 Å². The highest BCUT2D eigenvalue weighted by molar-refractivity contribution is 7.13. The second kappa shape index (κ2) is 2.38. The average molecular weight is 196 g/mol. The third-order valence-corrected chi connectivity index (χ3v) is 3.70. The summed E-state index contributed by atoms with van der Waals surface area (Å²) < 4.78 is 13.6. The van der Waals surface area contributed by atoms with Crippen LogP contribution in [0.1, 0.15) is 28.4 Å². The van der Waals surface area contributed by atoms with Crippen LogP contribution in [-0.4, -0.2) is 17.7 Å². The van der Waals surface area contributed by atoms with Crippen LogP contribution in [0.25, 0.3) is 0 Å². The fraction of sp³-hybridized carbons (Fsp3) is 0.556. The minimum atomic E-state index is -1.07. The van der Waals surface area contributed by atoms with Gasteiger partial charge in [0.15, 0.2) is 5.67 Å². The van der Waals surface area contributed by atoms with Gasteiger partial charge in [0.2, 0.25) is 0 Å². The molecule has 4 heteroatoms. The molecule has 0 unspecified atom stereocenters. The van der Waals surface area contributed by atoms with Gasteiger partial charge in [-0.05, 0) is 12.8 Å². The number of alkyl halides is 1. The van der Waals surface area contributed by atoms with E-state index in [1.165, 1.54) is 11.3 Å². The van der Waals surface area contributed by atoms with Gasteiger partial charge in [0.25, 0.3) is 0 Å². The van der Waals surface area contributed by atoms with Gasteiger partial charge >= 0.3 is 0 Å². The number of aliphatic imine (C=N–C) groups is 1. The van der Waals surface area contributed by atoms with Gasteiger partial charge in [0.1, 0.15) is 5.01 Å². The van der Waals surface area contributed by atoms with Crippen LogP contribution in [0, 0.1) is 0 Å². The standard InChI is InChI=1S/C9H9FN2S/c10-9(2-3-9)8-12-6-1-4-11-5-7(6)13-8/h5H,1-4H2. The Morgan fingerprint density at radius 2 is 2.31 bits per heavy atom. The lowest BCUT2D eigenvalue weighted by atomic mass is 10.2. The van der Waals surface area contributed by atoms with Crippen LogP contribution in [0.4, 0.5) is 4.39 Å². The van der Waals surface area contributed by atoms with Crippen LogP contribution in [0.5, 0.6) is 0 Å². The normalized spacial score (nSPS) is 22.8. The molecular formula is C9H9FN2S. The summed E-state index contributed by atoms with van der Waals surface area (Å²) in [6, 6.07) is 0. The quantitative estimate of drug-likeness (QED) is 0.675. The van der Waals surface area contributed by atoms with Crippen LogP contribution in [0.2, 0.25) is 0 Å². The third kappa shape index (κ3) is 1.12. The first-order valence-electron chi connectivity index (χ1n) is 4.47. The van der Waals surface area contributed by atoms with Crippen LogP contribution in [-0.2, 0) is 12.1 Å². The van der Waals surface area contributed by atoms with Crippen molar-refractivity contribution < 1.29 is 4.39 Å². The molecule has 0 aromatic carbocycles. The highest BCUT2D eigenvalue weighted by atomic mass is 32.1. The summed E-state index contributed by atoms with van der Waals surface area (Å²) in [6.07, 6.45) is 4.00. The van der Waals surface area contributed by atoms with Crippen molar-refractivity contribution in [3.63, 3.8) is 0 Å². The maximum absolute atomic E-state index is 13.6. The molecule has 2 nitrogen and oxygen atoms in total. The summed E-state index contributed by atoms with van der Waals surface area (Å²) >= 11 is 1.47. The van der Waals surface area contributed by atoms with Gasteiger partial charge in [-0.15, -0.1) is 11.3 Å². The second-order valence-electron chi connectivity index (χ2n) is 3.58. The molecule has 1 fully saturated rings. The summed E-state index contributed by atoms with van der Waals surface area (Å²) in [5, 5.41) is 0.672. The van der Waals surface area contributed by atoms with Gasteiger partial charge in [-0.3, -0.25) is 4.99 Å². The van der Waals surface area contributed by atoms with Gasteiger partial charge in [-0.25, -0.2) is 9.37 Å². The van der Waals surface area contributed by atoms with Crippen molar-refractivity contribution in [1.29, 1.82) is 0 Å². The van der Waals surface area contributed by atoms with Crippen molar-refractivity contribution in [2.75, 3.05) is 6.54 Å². The minimum Gasteiger partial charge on any atom is -0.291 e. The fourth-order valence-corrected chi connectivity index (χ4v) is 2.62. The Hall–Kier alpha value is -0.770. The summed E-state index contributed by atoms with van der Waals surface area (Å²) in [4.78, 5) is 9.55.